The number of hydrogen-bond acceptors (Lipinski definition) is 6. The summed E-state index contributed by atoms with van der Waals surface area (Å²) >= 11 is 0. The lowest BCUT2D eigenvalue weighted by Gasteiger charge is -2.28. The summed E-state index contributed by atoms with van der Waals surface area (Å²) in [6.07, 6.45) is 7.67. The number of nitrogens with two attached hydrogens (primary N) is 2. The molecule has 0 heterocycles. The van der Waals surface area contributed by atoms with Gasteiger partial charge in [-0.05, 0) is 67.5 Å². The third-order valence-electron chi connectivity index (χ3n) is 7.61. The molecule has 2 aromatic carbocycles. The highest BCUT2D eigenvalue weighted by Gasteiger charge is 2.37. The van der Waals surface area contributed by atoms with Gasteiger partial charge in [-0.3, -0.25) is 0 Å². The standard InChI is InChI=1S/C27H36N4O6S2/c28-26(32)30(38(34,35)24-7-3-1-4-8-24)22-15-11-20(12-16-22)19-21-13-17-23(18-14-21)31(27(29)33)39(36,37)25-9-5-2-6-10-25/h11-18,24-25H,1-10,19H2,(H2,28,32)(H2,29,33). The van der Waals surface area contributed by atoms with Gasteiger partial charge >= 0.3 is 12.1 Å². The molecule has 2 aromatic rings. The first-order valence-electron chi connectivity index (χ1n) is 13.4. The molecule has 10 nitrogen and oxygen atoms in total. The molecule has 0 aromatic heterocycles. The molecular formula is C27H36N4O6S2. The molecule has 2 saturated carbocycles. The monoisotopic (exact) mass is 576 g/mol. The summed E-state index contributed by atoms with van der Waals surface area (Å²) in [5.41, 5.74) is 13.0. The van der Waals surface area contributed by atoms with Crippen LogP contribution in [0.5, 0.6) is 0 Å². The Bertz CT molecular complexity index is 1270. The Labute approximate surface area is 230 Å². The van der Waals surface area contributed by atoms with E-state index < -0.39 is 42.6 Å². The van der Waals surface area contributed by atoms with Crippen molar-refractivity contribution in [2.45, 2.75) is 81.1 Å². The minimum atomic E-state index is -3.92. The average molecular weight is 577 g/mol. The van der Waals surface area contributed by atoms with Crippen molar-refractivity contribution in [3.63, 3.8) is 0 Å². The van der Waals surface area contributed by atoms with Crippen LogP contribution < -0.4 is 20.1 Å². The van der Waals surface area contributed by atoms with Crippen molar-refractivity contribution >= 4 is 43.5 Å². The van der Waals surface area contributed by atoms with Gasteiger partial charge in [0.2, 0.25) is 20.0 Å². The highest BCUT2D eigenvalue weighted by molar-refractivity contribution is 7.94. The molecule has 0 unspecified atom stereocenters. The summed E-state index contributed by atoms with van der Waals surface area (Å²) in [6, 6.07) is 11.0. The Morgan fingerprint density at radius 3 is 1.18 bits per heavy atom. The van der Waals surface area contributed by atoms with Crippen LogP contribution in [0.25, 0.3) is 0 Å². The zero-order chi connectivity index (χ0) is 28.2. The lowest BCUT2D eigenvalue weighted by molar-refractivity contribution is 0.255. The maximum absolute atomic E-state index is 13.2. The highest BCUT2D eigenvalue weighted by Crippen LogP contribution is 2.31. The number of hydrogen-bond donors (Lipinski definition) is 2. The van der Waals surface area contributed by atoms with Gasteiger partial charge in [0.25, 0.3) is 0 Å². The normalized spacial score (nSPS) is 17.4. The fourth-order valence-corrected chi connectivity index (χ4v) is 9.34. The Hall–Kier alpha value is -3.12. The molecule has 2 fully saturated rings. The van der Waals surface area contributed by atoms with Crippen LogP contribution in [-0.4, -0.2) is 39.4 Å². The summed E-state index contributed by atoms with van der Waals surface area (Å²) in [7, 11) is -7.84. The molecule has 0 atom stereocenters. The van der Waals surface area contributed by atoms with Crippen LogP contribution in [0.4, 0.5) is 21.0 Å². The van der Waals surface area contributed by atoms with Crippen LogP contribution >= 0.6 is 0 Å². The van der Waals surface area contributed by atoms with E-state index in [0.29, 0.717) is 40.7 Å². The van der Waals surface area contributed by atoms with E-state index in [0.717, 1.165) is 49.7 Å². The van der Waals surface area contributed by atoms with E-state index in [2.05, 4.69) is 0 Å². The van der Waals surface area contributed by atoms with Gasteiger partial charge in [0.15, 0.2) is 0 Å². The SMILES string of the molecule is NC(=O)N(c1ccc(Cc2ccc(N(C(N)=O)S(=O)(=O)C3CCCCC3)cc2)cc1)S(=O)(=O)C1CCCCC1. The van der Waals surface area contributed by atoms with E-state index in [-0.39, 0.29) is 11.4 Å². The van der Waals surface area contributed by atoms with Gasteiger partial charge < -0.3 is 11.5 Å². The van der Waals surface area contributed by atoms with E-state index in [1.165, 1.54) is 0 Å². The van der Waals surface area contributed by atoms with Gasteiger partial charge in [-0.25, -0.2) is 26.4 Å². The molecule has 4 N–H and O–H groups in total. The molecule has 39 heavy (non-hydrogen) atoms. The van der Waals surface area contributed by atoms with Gasteiger partial charge in [-0.15, -0.1) is 0 Å². The molecule has 0 aliphatic heterocycles. The van der Waals surface area contributed by atoms with Crippen molar-refractivity contribution in [3.05, 3.63) is 59.7 Å². The van der Waals surface area contributed by atoms with E-state index >= 15 is 0 Å². The zero-order valence-corrected chi connectivity index (χ0v) is 23.5. The number of anilines is 2. The van der Waals surface area contributed by atoms with Gasteiger partial charge in [0, 0.05) is 0 Å². The Morgan fingerprint density at radius 2 is 0.897 bits per heavy atom. The second kappa shape index (κ2) is 12.0. The third-order valence-corrected chi connectivity index (χ3v) is 12.0. The minimum Gasteiger partial charge on any atom is -0.350 e. The van der Waals surface area contributed by atoms with Gasteiger partial charge in [-0.2, -0.15) is 8.61 Å². The van der Waals surface area contributed by atoms with Gasteiger partial charge in [0.1, 0.15) is 0 Å². The van der Waals surface area contributed by atoms with E-state index in [1.54, 1.807) is 48.5 Å². The number of amides is 4. The van der Waals surface area contributed by atoms with Crippen LogP contribution in [0.2, 0.25) is 0 Å². The number of rotatable bonds is 8. The largest absolute Gasteiger partial charge is 0.350 e. The second-order valence-corrected chi connectivity index (χ2v) is 14.4. The smallest absolute Gasteiger partial charge is 0.333 e. The Morgan fingerprint density at radius 1 is 0.590 bits per heavy atom. The number of carbonyl (C=O) groups excluding carboxylic acids is 2. The first-order chi connectivity index (χ1) is 18.5. The molecular weight excluding hydrogens is 540 g/mol. The molecule has 2 aliphatic rings. The van der Waals surface area contributed by atoms with Crippen molar-refractivity contribution in [2.24, 2.45) is 11.5 Å². The molecule has 0 saturated heterocycles. The molecule has 0 bridgehead atoms. The molecule has 2 aliphatic carbocycles. The number of primary amides is 2. The number of urea groups is 2. The zero-order valence-electron chi connectivity index (χ0n) is 21.9. The van der Waals surface area contributed by atoms with Crippen LogP contribution in [0.15, 0.2) is 48.5 Å². The van der Waals surface area contributed by atoms with Crippen molar-refractivity contribution in [2.75, 3.05) is 8.61 Å². The molecule has 0 radical (unpaired) electrons. The first-order valence-corrected chi connectivity index (χ1v) is 16.4. The maximum Gasteiger partial charge on any atom is 0.333 e. The average Bonchev–Trinajstić information content (AvgIpc) is 2.91. The lowest BCUT2D eigenvalue weighted by Crippen LogP contribution is -2.46. The quantitative estimate of drug-likeness (QED) is 0.474. The number of carbonyl (C=O) groups is 2. The van der Waals surface area contributed by atoms with Crippen molar-refractivity contribution < 1.29 is 26.4 Å². The molecule has 4 amide bonds. The van der Waals surface area contributed by atoms with E-state index in [9.17, 15) is 26.4 Å². The summed E-state index contributed by atoms with van der Waals surface area (Å²) in [4.78, 5) is 24.3. The fourth-order valence-electron chi connectivity index (χ4n) is 5.56. The molecule has 4 rings (SSSR count). The summed E-state index contributed by atoms with van der Waals surface area (Å²) < 4.78 is 54.0. The van der Waals surface area contributed by atoms with Crippen LogP contribution in [0, 0.1) is 0 Å². The summed E-state index contributed by atoms with van der Waals surface area (Å²) in [6.45, 7) is 0. The topological polar surface area (TPSA) is 161 Å². The molecule has 212 valence electrons. The van der Waals surface area contributed by atoms with Crippen molar-refractivity contribution in [3.8, 4) is 0 Å². The predicted octanol–water partition coefficient (Wildman–Crippen LogP) is 4.37. The number of nitrogens with zero attached hydrogens (tertiary/aromatic N) is 2. The Kier molecular flexibility index (Phi) is 8.85. The summed E-state index contributed by atoms with van der Waals surface area (Å²) in [5, 5.41) is -1.25. The van der Waals surface area contributed by atoms with Crippen LogP contribution in [0.1, 0.15) is 75.3 Å². The first kappa shape index (κ1) is 28.9. The minimum absolute atomic E-state index is 0.192. The van der Waals surface area contributed by atoms with E-state index in [4.69, 9.17) is 11.5 Å². The predicted molar refractivity (Wildman–Crippen MR) is 151 cm³/mol. The maximum atomic E-state index is 13.2. The highest BCUT2D eigenvalue weighted by atomic mass is 32.2. The third kappa shape index (κ3) is 6.38. The lowest BCUT2D eigenvalue weighted by atomic mass is 10.0. The number of sulfonamides is 2. The summed E-state index contributed by atoms with van der Waals surface area (Å²) in [5.74, 6) is 0. The second-order valence-electron chi connectivity index (χ2n) is 10.3. The molecule has 0 spiro atoms. The van der Waals surface area contributed by atoms with Gasteiger partial charge in [0.05, 0.1) is 21.9 Å². The van der Waals surface area contributed by atoms with Crippen molar-refractivity contribution in [1.29, 1.82) is 0 Å². The Balaban J connectivity index is 1.49. The van der Waals surface area contributed by atoms with E-state index in [1.807, 2.05) is 0 Å². The fraction of sp³-hybridized carbons (Fsp3) is 0.481. The van der Waals surface area contributed by atoms with Crippen LogP contribution in [-0.2, 0) is 26.5 Å². The van der Waals surface area contributed by atoms with Crippen molar-refractivity contribution in [1.82, 2.24) is 0 Å². The number of benzene rings is 2. The molecule has 12 heteroatoms. The van der Waals surface area contributed by atoms with Gasteiger partial charge in [-0.1, -0.05) is 62.8 Å². The van der Waals surface area contributed by atoms with Crippen LogP contribution in [0.3, 0.4) is 0 Å².